The topological polar surface area (TPSA) is 105 Å². The van der Waals surface area contributed by atoms with Crippen molar-refractivity contribution in [3.63, 3.8) is 0 Å². The van der Waals surface area contributed by atoms with E-state index in [9.17, 15) is 22.8 Å². The number of carbonyl (C=O) groups excluding carboxylic acids is 1. The van der Waals surface area contributed by atoms with Gasteiger partial charge in [0.2, 0.25) is 0 Å². The number of benzene rings is 1. The van der Waals surface area contributed by atoms with Crippen LogP contribution in [0.5, 0.6) is 0 Å². The first-order valence-corrected chi connectivity index (χ1v) is 12.1. The quantitative estimate of drug-likeness (QED) is 0.436. The van der Waals surface area contributed by atoms with Crippen molar-refractivity contribution < 1.29 is 32.6 Å². The third kappa shape index (κ3) is 7.12. The lowest BCUT2D eigenvalue weighted by Crippen LogP contribution is -2.36. The highest BCUT2D eigenvalue weighted by atomic mass is 19.4. The largest absolute Gasteiger partial charge is 0.481 e. The molecule has 1 aliphatic rings. The predicted octanol–water partition coefficient (Wildman–Crippen LogP) is 4.78. The molecule has 0 aliphatic carbocycles. The summed E-state index contributed by atoms with van der Waals surface area (Å²) in [6.45, 7) is 4.25. The Bertz CT molecular complexity index is 1440. The number of pyridine rings is 2. The molecule has 0 saturated carbocycles. The Morgan fingerprint density at radius 3 is 2.62 bits per heavy atom. The van der Waals surface area contributed by atoms with Crippen LogP contribution in [0.25, 0.3) is 11.1 Å². The number of aliphatic carboxylic acids is 1. The van der Waals surface area contributed by atoms with Gasteiger partial charge in [0.1, 0.15) is 11.4 Å². The van der Waals surface area contributed by atoms with Gasteiger partial charge in [-0.3, -0.25) is 14.6 Å². The maximum atomic E-state index is 13.0. The predicted molar refractivity (Wildman–Crippen MR) is 138 cm³/mol. The van der Waals surface area contributed by atoms with Crippen LogP contribution >= 0.6 is 0 Å². The van der Waals surface area contributed by atoms with E-state index in [0.717, 1.165) is 28.6 Å². The molecule has 2 aromatic heterocycles. The first-order valence-electron chi connectivity index (χ1n) is 12.1. The number of nitrogens with zero attached hydrogens (tertiary/aromatic N) is 3. The van der Waals surface area contributed by atoms with Crippen molar-refractivity contribution in [2.24, 2.45) is 0 Å². The minimum absolute atomic E-state index is 0.0628. The standard InChI is InChI=1S/C28H25F3N4O4/c1-18-6-7-21(34-27(38)19-8-9-32-25(15-19)28(29,30)31)16-22(18)20-14-24(35-10-12-39-13-11-35)23(33-17-20)4-2-3-5-26(36)37/h6-9,14-17H,3,5,10-13H2,1H3,(H,34,38)(H,36,37). The summed E-state index contributed by atoms with van der Waals surface area (Å²) in [5.41, 5.74) is 2.81. The van der Waals surface area contributed by atoms with Gasteiger partial charge in [-0.15, -0.1) is 0 Å². The fourth-order valence-corrected chi connectivity index (χ4v) is 4.00. The van der Waals surface area contributed by atoms with E-state index in [-0.39, 0.29) is 18.4 Å². The molecule has 0 bridgehead atoms. The Morgan fingerprint density at radius 1 is 1.13 bits per heavy atom. The Balaban J connectivity index is 1.63. The third-order valence-electron chi connectivity index (χ3n) is 6.01. The van der Waals surface area contributed by atoms with Gasteiger partial charge in [0.25, 0.3) is 5.91 Å². The lowest BCUT2D eigenvalue weighted by Gasteiger charge is -2.29. The van der Waals surface area contributed by atoms with E-state index < -0.39 is 23.7 Å². The average molecular weight is 539 g/mol. The number of aromatic nitrogens is 2. The molecule has 0 atom stereocenters. The van der Waals surface area contributed by atoms with Crippen molar-refractivity contribution in [3.8, 4) is 23.0 Å². The second-order valence-corrected chi connectivity index (χ2v) is 8.80. The first kappa shape index (κ1) is 27.6. The van der Waals surface area contributed by atoms with Crippen molar-refractivity contribution in [2.45, 2.75) is 25.9 Å². The summed E-state index contributed by atoms with van der Waals surface area (Å²) >= 11 is 0. The van der Waals surface area contributed by atoms with E-state index in [1.807, 2.05) is 13.0 Å². The Labute approximate surface area is 222 Å². The zero-order chi connectivity index (χ0) is 28.0. The molecule has 0 unspecified atom stereocenters. The normalized spacial score (nSPS) is 13.4. The molecule has 4 rings (SSSR count). The van der Waals surface area contributed by atoms with Crippen LogP contribution in [0.15, 0.2) is 48.8 Å². The average Bonchev–Trinajstić information content (AvgIpc) is 2.92. The van der Waals surface area contributed by atoms with Gasteiger partial charge in [-0.2, -0.15) is 13.2 Å². The van der Waals surface area contributed by atoms with Gasteiger partial charge in [-0.05, 0) is 54.3 Å². The number of anilines is 2. The van der Waals surface area contributed by atoms with E-state index in [1.54, 1.807) is 24.4 Å². The van der Waals surface area contributed by atoms with Gasteiger partial charge in [0.15, 0.2) is 0 Å². The molecule has 39 heavy (non-hydrogen) atoms. The van der Waals surface area contributed by atoms with Crippen LogP contribution in [0, 0.1) is 18.8 Å². The van der Waals surface area contributed by atoms with E-state index in [4.69, 9.17) is 9.84 Å². The second-order valence-electron chi connectivity index (χ2n) is 8.80. The molecule has 0 radical (unpaired) electrons. The summed E-state index contributed by atoms with van der Waals surface area (Å²) < 4.78 is 44.5. The number of morpholine rings is 1. The van der Waals surface area contributed by atoms with Crippen LogP contribution in [-0.4, -0.2) is 53.3 Å². The summed E-state index contributed by atoms with van der Waals surface area (Å²) in [4.78, 5) is 33.5. The van der Waals surface area contributed by atoms with Crippen molar-refractivity contribution in [3.05, 3.63) is 71.3 Å². The number of carbonyl (C=O) groups is 2. The molecule has 1 fully saturated rings. The molecule has 3 heterocycles. The van der Waals surface area contributed by atoms with E-state index in [1.165, 1.54) is 6.07 Å². The van der Waals surface area contributed by atoms with Crippen LogP contribution in [0.1, 0.15) is 40.2 Å². The van der Waals surface area contributed by atoms with Gasteiger partial charge >= 0.3 is 12.1 Å². The lowest BCUT2D eigenvalue weighted by atomic mass is 10.00. The van der Waals surface area contributed by atoms with E-state index >= 15 is 0 Å². The molecule has 8 nitrogen and oxygen atoms in total. The number of carboxylic acid groups (broad SMARTS) is 1. The first-order chi connectivity index (χ1) is 18.6. The van der Waals surface area contributed by atoms with Crippen LogP contribution in [0.2, 0.25) is 0 Å². The number of aryl methyl sites for hydroxylation is 1. The van der Waals surface area contributed by atoms with Crippen LogP contribution in [0.4, 0.5) is 24.5 Å². The van der Waals surface area contributed by atoms with Crippen LogP contribution in [-0.2, 0) is 15.7 Å². The minimum atomic E-state index is -4.66. The zero-order valence-electron chi connectivity index (χ0n) is 21.0. The summed E-state index contributed by atoms with van der Waals surface area (Å²) in [6, 6.07) is 9.06. The number of rotatable bonds is 6. The number of hydrogen-bond donors (Lipinski definition) is 2. The SMILES string of the molecule is Cc1ccc(NC(=O)c2ccnc(C(F)(F)F)c2)cc1-c1cnc(C#CCCC(=O)O)c(N2CCOCC2)c1. The van der Waals surface area contributed by atoms with E-state index in [2.05, 4.69) is 32.0 Å². The maximum Gasteiger partial charge on any atom is 0.433 e. The van der Waals surface area contributed by atoms with Gasteiger partial charge in [0.05, 0.1) is 25.3 Å². The number of hydrogen-bond acceptors (Lipinski definition) is 6. The van der Waals surface area contributed by atoms with Gasteiger partial charge in [-0.25, -0.2) is 4.98 Å². The fraction of sp³-hybridized carbons (Fsp3) is 0.286. The number of ether oxygens (including phenoxy) is 1. The number of alkyl halides is 3. The highest BCUT2D eigenvalue weighted by Gasteiger charge is 2.33. The molecule has 11 heteroatoms. The summed E-state index contributed by atoms with van der Waals surface area (Å²) in [7, 11) is 0. The number of carboxylic acids is 1. The van der Waals surface area contributed by atoms with Gasteiger partial charge in [0, 0.05) is 48.7 Å². The molecule has 1 saturated heterocycles. The van der Waals surface area contributed by atoms with E-state index in [0.29, 0.717) is 43.8 Å². The Hall–Kier alpha value is -4.43. The molecule has 3 aromatic rings. The summed E-state index contributed by atoms with van der Waals surface area (Å²) in [5.74, 6) is 4.23. The molecule has 202 valence electrons. The van der Waals surface area contributed by atoms with Crippen molar-refractivity contribution in [1.29, 1.82) is 0 Å². The maximum absolute atomic E-state index is 13.0. The van der Waals surface area contributed by atoms with Crippen molar-refractivity contribution in [2.75, 3.05) is 36.5 Å². The highest BCUT2D eigenvalue weighted by molar-refractivity contribution is 6.04. The Kier molecular flexibility index (Phi) is 8.46. The lowest BCUT2D eigenvalue weighted by molar-refractivity contribution is -0.141. The van der Waals surface area contributed by atoms with Crippen molar-refractivity contribution in [1.82, 2.24) is 9.97 Å². The number of nitrogens with one attached hydrogen (secondary N) is 1. The Morgan fingerprint density at radius 2 is 1.90 bits per heavy atom. The number of halogens is 3. The zero-order valence-corrected chi connectivity index (χ0v) is 21.0. The number of amides is 1. The highest BCUT2D eigenvalue weighted by Crippen LogP contribution is 2.32. The van der Waals surface area contributed by atoms with Crippen LogP contribution < -0.4 is 10.2 Å². The fourth-order valence-electron chi connectivity index (χ4n) is 4.00. The molecule has 1 amide bonds. The molecular weight excluding hydrogens is 513 g/mol. The smallest absolute Gasteiger partial charge is 0.433 e. The molecule has 1 aliphatic heterocycles. The molecular formula is C28H25F3N4O4. The van der Waals surface area contributed by atoms with Crippen LogP contribution in [0.3, 0.4) is 0 Å². The van der Waals surface area contributed by atoms with Gasteiger partial charge < -0.3 is 20.1 Å². The minimum Gasteiger partial charge on any atom is -0.481 e. The molecule has 0 spiro atoms. The molecule has 1 aromatic carbocycles. The monoisotopic (exact) mass is 538 g/mol. The summed E-state index contributed by atoms with van der Waals surface area (Å²) in [5, 5.41) is 11.5. The van der Waals surface area contributed by atoms with Gasteiger partial charge in [-0.1, -0.05) is 12.0 Å². The summed E-state index contributed by atoms with van der Waals surface area (Å²) in [6.07, 6.45) is -1.93. The molecule has 2 N–H and O–H groups in total. The second kappa shape index (κ2) is 12.0. The van der Waals surface area contributed by atoms with Crippen molar-refractivity contribution >= 4 is 23.3 Å². The third-order valence-corrected chi connectivity index (χ3v) is 6.01.